The maximum atomic E-state index is 15.9. The Kier molecular flexibility index (Phi) is 16.5. The van der Waals surface area contributed by atoms with Crippen molar-refractivity contribution in [3.05, 3.63) is 129 Å². The highest BCUT2D eigenvalue weighted by Crippen LogP contribution is 2.45. The van der Waals surface area contributed by atoms with Gasteiger partial charge in [-0.25, -0.2) is 21.8 Å². The Morgan fingerprint density at radius 3 is 1.90 bits per heavy atom. The Morgan fingerprint density at radius 1 is 0.743 bits per heavy atom. The lowest BCUT2D eigenvalue weighted by Crippen LogP contribution is -2.71. The first-order chi connectivity index (χ1) is 32.9. The van der Waals surface area contributed by atoms with Crippen LogP contribution in [0.15, 0.2) is 106 Å². The molecule has 0 saturated carbocycles. The molecule has 1 amide bonds. The molecular weight excluding hydrogens is 935 g/mol. The summed E-state index contributed by atoms with van der Waals surface area (Å²) in [6.45, 7) is 20.2. The summed E-state index contributed by atoms with van der Waals surface area (Å²) in [6, 6.07) is 28.5. The van der Waals surface area contributed by atoms with Crippen LogP contribution in [0, 0.1) is 5.92 Å². The molecule has 374 valence electrons. The first-order valence-corrected chi connectivity index (χ1v) is 26.6. The number of ether oxygens (including phenoxy) is 1. The molecule has 4 aromatic rings. The van der Waals surface area contributed by atoms with Crippen LogP contribution in [-0.4, -0.2) is 58.6 Å². The Bertz CT molecular complexity index is 3110. The molecule has 2 aliphatic rings. The van der Waals surface area contributed by atoms with Crippen LogP contribution >= 0.6 is 0 Å². The van der Waals surface area contributed by atoms with Crippen molar-refractivity contribution in [3.8, 4) is 22.5 Å². The van der Waals surface area contributed by atoms with Gasteiger partial charge >= 0.3 is 17.1 Å². The number of para-hydroxylation sites is 2. The lowest BCUT2D eigenvalue weighted by molar-refractivity contribution is -0.404. The fourth-order valence-corrected chi connectivity index (χ4v) is 11.2. The zero-order valence-corrected chi connectivity index (χ0v) is 43.3. The number of nitrogens with zero attached hydrogens (tertiary/aromatic N) is 2. The number of nitrogens with one attached hydrogen (secondary N) is 2. The number of esters is 1. The standard InChI is InChI=1S/C54H63F2N4O8S2/c1-12-36(11)52(61)67-29-28-60(13-2)53(62)54(55,56)70(65,66)59-69(63,64)48-23-15-14-18-45(48)49-43-26-24-37(57-50-39(32(3)4)19-16-20-40(50)33(5)6)30-46(43)68-47-31-38(25-27-44(47)49)58-51-41(34(7)8)21-17-22-42(51)35(9)10/h14-27,30-36H,12-13,28-29H2,1-11H3,(H,57,58)/q-1/p+1. The minimum Gasteiger partial charge on any atom is -0.464 e. The number of likely N-dealkylation sites (N-methyl/N-ethyl adjacent to an activating group) is 1. The summed E-state index contributed by atoms with van der Waals surface area (Å²) in [4.78, 5) is 28.7. The largest absolute Gasteiger partial charge is 0.464 e. The number of rotatable bonds is 19. The van der Waals surface area contributed by atoms with Crippen LogP contribution in [0.1, 0.15) is 129 Å². The van der Waals surface area contributed by atoms with Gasteiger partial charge < -0.3 is 23.5 Å². The van der Waals surface area contributed by atoms with Crippen molar-refractivity contribution in [1.82, 2.24) is 4.90 Å². The number of hydrogen-bond donors (Lipinski definition) is 2. The highest BCUT2D eigenvalue weighted by molar-refractivity contribution is 8.13. The van der Waals surface area contributed by atoms with Crippen molar-refractivity contribution in [3.63, 3.8) is 0 Å². The summed E-state index contributed by atoms with van der Waals surface area (Å²) in [7, 11) is -11.9. The van der Waals surface area contributed by atoms with Gasteiger partial charge in [0.2, 0.25) is 11.0 Å². The molecule has 0 radical (unpaired) electrons. The van der Waals surface area contributed by atoms with E-state index in [2.05, 4.69) is 94.1 Å². The third-order valence-electron chi connectivity index (χ3n) is 12.5. The van der Waals surface area contributed by atoms with Crippen molar-refractivity contribution in [1.29, 1.82) is 0 Å². The number of amides is 1. The van der Waals surface area contributed by atoms with Gasteiger partial charge in [0, 0.05) is 63.3 Å². The van der Waals surface area contributed by atoms with Gasteiger partial charge in [0.25, 0.3) is 0 Å². The van der Waals surface area contributed by atoms with Gasteiger partial charge in [-0.3, -0.25) is 9.59 Å². The van der Waals surface area contributed by atoms with Gasteiger partial charge in [-0.1, -0.05) is 124 Å². The summed E-state index contributed by atoms with van der Waals surface area (Å²) >= 11 is 0. The third kappa shape index (κ3) is 11.1. The average molecular weight is 999 g/mol. The molecule has 1 atom stereocenters. The molecule has 0 aromatic heterocycles. The Labute approximate surface area is 411 Å². The van der Waals surface area contributed by atoms with Crippen molar-refractivity contribution in [2.24, 2.45) is 5.92 Å². The third-order valence-corrected chi connectivity index (χ3v) is 15.8. The van der Waals surface area contributed by atoms with Crippen LogP contribution in [-0.2, 0) is 34.4 Å². The van der Waals surface area contributed by atoms with Crippen LogP contribution in [0.5, 0.6) is 0 Å². The van der Waals surface area contributed by atoms with Gasteiger partial charge in [0.15, 0.2) is 10.0 Å². The Hall–Kier alpha value is -5.97. The zero-order chi connectivity index (χ0) is 51.5. The molecular formula is C54H64F2N4O8S2. The van der Waals surface area contributed by atoms with E-state index in [1.54, 1.807) is 38.1 Å². The molecule has 6 rings (SSSR count). The van der Waals surface area contributed by atoms with E-state index in [0.29, 0.717) is 50.2 Å². The van der Waals surface area contributed by atoms with Gasteiger partial charge in [-0.05, 0) is 72.4 Å². The summed E-state index contributed by atoms with van der Waals surface area (Å²) in [5, 5.41) is -0.592. The first-order valence-electron chi connectivity index (χ1n) is 23.7. The number of anilines is 2. The smallest absolute Gasteiger partial charge is 0.406 e. The minimum absolute atomic E-state index is 0.0545. The van der Waals surface area contributed by atoms with Gasteiger partial charge in [-0.15, -0.1) is 0 Å². The Balaban J connectivity index is 1.52. The molecule has 70 heavy (non-hydrogen) atoms. The zero-order valence-electron chi connectivity index (χ0n) is 41.7. The average Bonchev–Trinajstić information content (AvgIpc) is 3.30. The number of sulfonamides is 2. The number of halogens is 2. The fraction of sp³-hybridized carbons (Fsp3) is 0.389. The van der Waals surface area contributed by atoms with Crippen LogP contribution in [0.25, 0.3) is 37.5 Å². The number of carbonyl (C=O) groups excluding carboxylic acids is 2. The summed E-state index contributed by atoms with van der Waals surface area (Å²) in [5.74, 6) is -2.25. The van der Waals surface area contributed by atoms with Crippen LogP contribution in [0.2, 0.25) is 0 Å². The maximum Gasteiger partial charge on any atom is 0.406 e. The second-order valence-corrected chi connectivity index (χ2v) is 22.2. The van der Waals surface area contributed by atoms with Gasteiger partial charge in [0.1, 0.15) is 28.0 Å². The fourth-order valence-electron chi connectivity index (χ4n) is 8.39. The van der Waals surface area contributed by atoms with Gasteiger partial charge in [0.05, 0.1) is 23.4 Å². The van der Waals surface area contributed by atoms with Gasteiger partial charge in [-0.2, -0.15) is 8.78 Å². The lowest BCUT2D eigenvalue weighted by Gasteiger charge is -2.31. The van der Waals surface area contributed by atoms with E-state index in [9.17, 15) is 26.4 Å². The van der Waals surface area contributed by atoms with E-state index in [4.69, 9.17) is 9.15 Å². The molecule has 1 aliphatic heterocycles. The van der Waals surface area contributed by atoms with Crippen LogP contribution < -0.4 is 15.7 Å². The lowest BCUT2D eigenvalue weighted by atomic mass is 9.92. The molecule has 16 heteroatoms. The molecule has 2 N–H and O–H groups in total. The number of fused-ring (bicyclic) bond motifs is 2. The molecule has 12 nitrogen and oxygen atoms in total. The summed E-state index contributed by atoms with van der Waals surface area (Å²) in [5.41, 5.74) is 7.99. The van der Waals surface area contributed by atoms with Crippen molar-refractivity contribution >= 4 is 60.0 Å². The van der Waals surface area contributed by atoms with Crippen molar-refractivity contribution < 1.29 is 49.4 Å². The molecule has 0 bridgehead atoms. The van der Waals surface area contributed by atoms with E-state index >= 15 is 8.78 Å². The number of benzene rings is 5. The molecule has 0 fully saturated rings. The number of alkyl halides is 2. The van der Waals surface area contributed by atoms with Crippen molar-refractivity contribution in [2.75, 3.05) is 25.0 Å². The number of hydrogen-bond acceptors (Lipinski definition) is 9. The van der Waals surface area contributed by atoms with Crippen LogP contribution in [0.4, 0.5) is 25.8 Å². The van der Waals surface area contributed by atoms with Crippen LogP contribution in [0.3, 0.4) is 0 Å². The molecule has 0 saturated heterocycles. The maximum absolute atomic E-state index is 15.9. The normalized spacial score (nSPS) is 13.2. The SMILES string of the molecule is CCC(C)C(=O)OCCN(CC)C(=O)C(F)(F)S(=O)(=O)[N-]S(=O)(=O)c1ccccc1-c1c2ccc(=[NH+]c3c(C(C)C)cccc3C(C)C)cc-2oc2cc(Nc3c(C(C)C)cccc3C(C)C)ccc12. The number of carbonyl (C=O) groups is 2. The highest BCUT2D eigenvalue weighted by atomic mass is 32.3. The van der Waals surface area contributed by atoms with E-state index in [0.717, 1.165) is 39.7 Å². The van der Waals surface area contributed by atoms with Crippen molar-refractivity contribution in [2.45, 2.75) is 116 Å². The quantitative estimate of drug-likeness (QED) is 0.0593. The highest BCUT2D eigenvalue weighted by Gasteiger charge is 2.51. The van der Waals surface area contributed by atoms with E-state index in [1.165, 1.54) is 25.1 Å². The predicted molar refractivity (Wildman–Crippen MR) is 272 cm³/mol. The molecule has 1 aliphatic carbocycles. The predicted octanol–water partition coefficient (Wildman–Crippen LogP) is 11.2. The summed E-state index contributed by atoms with van der Waals surface area (Å²) in [6.07, 6.45) is 0.452. The second-order valence-electron chi connectivity index (χ2n) is 18.8. The summed E-state index contributed by atoms with van der Waals surface area (Å²) < 4.78 is 102. The second kappa shape index (κ2) is 21.6. The van der Waals surface area contributed by atoms with E-state index < -0.39 is 67.7 Å². The molecule has 1 heterocycles. The molecule has 0 spiro atoms. The van der Waals surface area contributed by atoms with E-state index in [-0.39, 0.29) is 29.2 Å². The molecule has 4 aromatic carbocycles. The Morgan fingerprint density at radius 2 is 1.33 bits per heavy atom. The topological polar surface area (TPSA) is 168 Å². The molecule has 1 unspecified atom stereocenters. The van der Waals surface area contributed by atoms with E-state index in [1.807, 2.05) is 24.3 Å². The minimum atomic E-state index is -6.40. The monoisotopic (exact) mass is 998 g/mol. The first kappa shape index (κ1) is 53.4.